The molecule has 0 unspecified atom stereocenters. The summed E-state index contributed by atoms with van der Waals surface area (Å²) in [6.45, 7) is 0. The molecular formula is C6H5N3NaO. The van der Waals surface area contributed by atoms with E-state index in [9.17, 15) is 0 Å². The van der Waals surface area contributed by atoms with E-state index in [-0.39, 0.29) is 29.6 Å². The first-order valence-electron chi connectivity index (χ1n) is 2.87. The second kappa shape index (κ2) is 3.21. The quantitative estimate of drug-likeness (QED) is 0.442. The van der Waals surface area contributed by atoms with Gasteiger partial charge in [-0.3, -0.25) is 0 Å². The van der Waals surface area contributed by atoms with Crippen molar-refractivity contribution in [3.63, 3.8) is 0 Å². The molecule has 1 aromatic heterocycles. The van der Waals surface area contributed by atoms with Crippen LogP contribution >= 0.6 is 0 Å². The number of aromatic nitrogens is 3. The molecule has 1 N–H and O–H groups in total. The third-order valence-electron chi connectivity index (χ3n) is 1.33. The summed E-state index contributed by atoms with van der Waals surface area (Å²) in [6, 6.07) is 7.19. The molecule has 0 spiro atoms. The maximum atomic E-state index is 8.95. The van der Waals surface area contributed by atoms with Crippen molar-refractivity contribution in [1.82, 2.24) is 15.2 Å². The molecule has 51 valence electrons. The summed E-state index contributed by atoms with van der Waals surface area (Å²) in [6.07, 6.45) is 0. The molecule has 11 heavy (non-hydrogen) atoms. The monoisotopic (exact) mass is 158 g/mol. The SMILES string of the molecule is On1nnc2ccccc21.[Na]. The Bertz CT molecular complexity index is 359. The van der Waals surface area contributed by atoms with Gasteiger partial charge in [-0.15, -0.1) is 5.10 Å². The van der Waals surface area contributed by atoms with Crippen molar-refractivity contribution >= 4 is 40.6 Å². The number of fused-ring (bicyclic) bond motifs is 1. The van der Waals surface area contributed by atoms with Gasteiger partial charge in [-0.2, -0.15) is 0 Å². The first kappa shape index (κ1) is 8.52. The Balaban J connectivity index is 0.000000605. The smallest absolute Gasteiger partial charge is 0.130 e. The molecule has 2 rings (SSSR count). The van der Waals surface area contributed by atoms with Gasteiger partial charge in [0.05, 0.1) is 0 Å². The van der Waals surface area contributed by atoms with Crippen LogP contribution in [0.1, 0.15) is 0 Å². The van der Waals surface area contributed by atoms with Gasteiger partial charge in [0.1, 0.15) is 11.0 Å². The Hall–Kier alpha value is -0.580. The fourth-order valence-electron chi connectivity index (χ4n) is 0.857. The predicted molar refractivity (Wildman–Crippen MR) is 40.5 cm³/mol. The van der Waals surface area contributed by atoms with Crippen molar-refractivity contribution in [1.29, 1.82) is 0 Å². The van der Waals surface area contributed by atoms with Crippen molar-refractivity contribution in [3.8, 4) is 0 Å². The Morgan fingerprint density at radius 3 is 2.73 bits per heavy atom. The van der Waals surface area contributed by atoms with Gasteiger partial charge in [-0.1, -0.05) is 17.0 Å². The van der Waals surface area contributed by atoms with E-state index in [4.69, 9.17) is 5.21 Å². The zero-order valence-electron chi connectivity index (χ0n) is 6.10. The largest absolute Gasteiger partial charge is 0.410 e. The van der Waals surface area contributed by atoms with E-state index in [1.807, 2.05) is 12.1 Å². The van der Waals surface area contributed by atoms with Crippen LogP contribution in [0.25, 0.3) is 11.0 Å². The second-order valence-electron chi connectivity index (χ2n) is 1.97. The Labute approximate surface area is 85.1 Å². The van der Waals surface area contributed by atoms with Crippen molar-refractivity contribution in [3.05, 3.63) is 24.3 Å². The molecule has 0 aliphatic carbocycles. The van der Waals surface area contributed by atoms with Crippen LogP contribution in [0.15, 0.2) is 24.3 Å². The molecule has 2 aromatic rings. The standard InChI is InChI=1S/C6H5N3O.Na/c10-9-6-4-2-1-3-5(6)7-8-9;/h1-4,10H;. The number of rotatable bonds is 0. The molecule has 0 amide bonds. The zero-order valence-corrected chi connectivity index (χ0v) is 8.10. The maximum Gasteiger partial charge on any atom is 0.130 e. The summed E-state index contributed by atoms with van der Waals surface area (Å²) in [4.78, 5) is 0.759. The first-order chi connectivity index (χ1) is 4.88. The number of benzene rings is 1. The van der Waals surface area contributed by atoms with Crippen LogP contribution in [0.3, 0.4) is 0 Å². The molecule has 0 saturated heterocycles. The number of nitrogens with zero attached hydrogens (tertiary/aromatic N) is 3. The number of hydrogen-bond acceptors (Lipinski definition) is 3. The van der Waals surface area contributed by atoms with Gasteiger partial charge < -0.3 is 5.21 Å². The normalized spacial score (nSPS) is 9.45. The fourth-order valence-corrected chi connectivity index (χ4v) is 0.857. The Morgan fingerprint density at radius 1 is 1.27 bits per heavy atom. The number of para-hydroxylation sites is 1. The third-order valence-corrected chi connectivity index (χ3v) is 1.33. The molecule has 0 saturated carbocycles. The summed E-state index contributed by atoms with van der Waals surface area (Å²) in [5.41, 5.74) is 1.33. The molecule has 1 heterocycles. The Morgan fingerprint density at radius 2 is 2.00 bits per heavy atom. The molecule has 1 aromatic carbocycles. The third kappa shape index (κ3) is 1.38. The number of hydrogen-bond donors (Lipinski definition) is 1. The average molecular weight is 158 g/mol. The molecule has 0 aliphatic rings. The molecule has 0 aliphatic heterocycles. The molecular weight excluding hydrogens is 153 g/mol. The molecule has 5 heteroatoms. The van der Waals surface area contributed by atoms with Crippen LogP contribution in [0.5, 0.6) is 0 Å². The maximum absolute atomic E-state index is 8.95. The van der Waals surface area contributed by atoms with Gasteiger partial charge in [0.25, 0.3) is 0 Å². The van der Waals surface area contributed by atoms with Crippen molar-refractivity contribution in [2.24, 2.45) is 0 Å². The van der Waals surface area contributed by atoms with Crippen LogP contribution in [-0.2, 0) is 0 Å². The topological polar surface area (TPSA) is 50.9 Å². The van der Waals surface area contributed by atoms with Gasteiger partial charge in [0.2, 0.25) is 0 Å². The van der Waals surface area contributed by atoms with Crippen LogP contribution in [-0.4, -0.2) is 49.9 Å². The van der Waals surface area contributed by atoms with E-state index in [2.05, 4.69) is 10.3 Å². The molecule has 4 nitrogen and oxygen atoms in total. The Kier molecular flexibility index (Phi) is 2.49. The zero-order chi connectivity index (χ0) is 6.97. The summed E-state index contributed by atoms with van der Waals surface area (Å²) in [7, 11) is 0. The van der Waals surface area contributed by atoms with Crippen molar-refractivity contribution < 1.29 is 5.21 Å². The van der Waals surface area contributed by atoms with Crippen LogP contribution in [0.2, 0.25) is 0 Å². The summed E-state index contributed by atoms with van der Waals surface area (Å²) >= 11 is 0. The van der Waals surface area contributed by atoms with Crippen LogP contribution < -0.4 is 0 Å². The van der Waals surface area contributed by atoms with Crippen molar-refractivity contribution in [2.75, 3.05) is 0 Å². The minimum atomic E-state index is 0. The summed E-state index contributed by atoms with van der Waals surface area (Å²) in [5, 5.41) is 16.1. The molecule has 0 atom stereocenters. The van der Waals surface area contributed by atoms with Crippen molar-refractivity contribution in [2.45, 2.75) is 0 Å². The van der Waals surface area contributed by atoms with E-state index in [0.717, 1.165) is 4.85 Å². The van der Waals surface area contributed by atoms with Gasteiger partial charge in [0, 0.05) is 29.6 Å². The predicted octanol–water partition coefficient (Wildman–Crippen LogP) is 0.288. The van der Waals surface area contributed by atoms with E-state index >= 15 is 0 Å². The minimum absolute atomic E-state index is 0. The molecule has 0 fully saturated rings. The van der Waals surface area contributed by atoms with Gasteiger partial charge in [-0.05, 0) is 17.3 Å². The van der Waals surface area contributed by atoms with E-state index in [1.165, 1.54) is 0 Å². The molecule has 1 radical (unpaired) electrons. The van der Waals surface area contributed by atoms with Crippen LogP contribution in [0.4, 0.5) is 0 Å². The first-order valence-corrected chi connectivity index (χ1v) is 2.87. The second-order valence-corrected chi connectivity index (χ2v) is 1.97. The average Bonchev–Trinajstić information content (AvgIpc) is 2.34. The van der Waals surface area contributed by atoms with Gasteiger partial charge in [-0.25, -0.2) is 0 Å². The van der Waals surface area contributed by atoms with E-state index in [1.54, 1.807) is 12.1 Å². The molecule has 0 bridgehead atoms. The van der Waals surface area contributed by atoms with E-state index < -0.39 is 0 Å². The van der Waals surface area contributed by atoms with E-state index in [0.29, 0.717) is 11.0 Å². The van der Waals surface area contributed by atoms with Gasteiger partial charge >= 0.3 is 0 Å². The summed E-state index contributed by atoms with van der Waals surface area (Å²) < 4.78 is 0. The minimum Gasteiger partial charge on any atom is -0.410 e. The fraction of sp³-hybridized carbons (Fsp3) is 0. The summed E-state index contributed by atoms with van der Waals surface area (Å²) in [5.74, 6) is 0. The van der Waals surface area contributed by atoms with Crippen LogP contribution in [0, 0.1) is 0 Å². The van der Waals surface area contributed by atoms with Gasteiger partial charge in [0.15, 0.2) is 0 Å².